The molecule has 2 aromatic rings. The van der Waals surface area contributed by atoms with Gasteiger partial charge in [0.25, 0.3) is 0 Å². The highest BCUT2D eigenvalue weighted by atomic mass is 19.4. The second-order valence-electron chi connectivity index (χ2n) is 5.33. The minimum absolute atomic E-state index is 0.0176. The van der Waals surface area contributed by atoms with E-state index in [9.17, 15) is 23.3 Å². The number of halogens is 3. The molecular weight excluding hydrogens is 301 g/mol. The van der Waals surface area contributed by atoms with Crippen LogP contribution in [0.3, 0.4) is 0 Å². The highest BCUT2D eigenvalue weighted by Crippen LogP contribution is 2.69. The molecule has 1 aliphatic carbocycles. The molecule has 0 aliphatic heterocycles. The highest BCUT2D eigenvalue weighted by molar-refractivity contribution is 5.50. The van der Waals surface area contributed by atoms with Crippen LogP contribution in [0.2, 0.25) is 0 Å². The molecule has 5 nitrogen and oxygen atoms in total. The van der Waals surface area contributed by atoms with Gasteiger partial charge in [-0.15, -0.1) is 0 Å². The quantitative estimate of drug-likeness (QED) is 0.637. The van der Waals surface area contributed by atoms with Crippen LogP contribution < -0.4 is 0 Å². The first-order valence-corrected chi connectivity index (χ1v) is 6.52. The van der Waals surface area contributed by atoms with Crippen LogP contribution in [0.5, 0.6) is 0 Å². The summed E-state index contributed by atoms with van der Waals surface area (Å²) in [5, 5.41) is 14.5. The molecule has 3 rings (SSSR count). The van der Waals surface area contributed by atoms with Crippen LogP contribution in [0, 0.1) is 17.0 Å². The molecule has 1 aromatic carbocycles. The Morgan fingerprint density at radius 1 is 1.36 bits per heavy atom. The monoisotopic (exact) mass is 312 g/mol. The Hall–Kier alpha value is -2.38. The van der Waals surface area contributed by atoms with Gasteiger partial charge < -0.3 is 4.52 Å². The Morgan fingerprint density at radius 2 is 2.00 bits per heavy atom. The van der Waals surface area contributed by atoms with Crippen LogP contribution in [0.15, 0.2) is 34.9 Å². The molecule has 1 heterocycles. The van der Waals surface area contributed by atoms with Crippen molar-refractivity contribution in [1.82, 2.24) is 5.16 Å². The van der Waals surface area contributed by atoms with E-state index in [1.54, 1.807) is 6.07 Å². The van der Waals surface area contributed by atoms with Crippen molar-refractivity contribution in [1.29, 1.82) is 0 Å². The first kappa shape index (κ1) is 14.6. The maximum absolute atomic E-state index is 13.6. The summed E-state index contributed by atoms with van der Waals surface area (Å²) < 4.78 is 45.7. The Labute approximate surface area is 122 Å². The van der Waals surface area contributed by atoms with E-state index in [1.165, 1.54) is 31.2 Å². The minimum atomic E-state index is -4.53. The average Bonchev–Trinajstić information content (AvgIpc) is 3.10. The Balaban J connectivity index is 2.10. The molecule has 0 spiro atoms. The van der Waals surface area contributed by atoms with Gasteiger partial charge in [0.15, 0.2) is 5.69 Å². The van der Waals surface area contributed by atoms with Crippen LogP contribution in [-0.4, -0.2) is 16.3 Å². The molecule has 22 heavy (non-hydrogen) atoms. The normalized spacial score (nSPS) is 24.3. The van der Waals surface area contributed by atoms with Gasteiger partial charge in [0.2, 0.25) is 5.76 Å². The van der Waals surface area contributed by atoms with Crippen LogP contribution in [0.1, 0.15) is 29.4 Å². The molecule has 116 valence electrons. The van der Waals surface area contributed by atoms with E-state index in [-0.39, 0.29) is 23.4 Å². The van der Waals surface area contributed by atoms with E-state index in [4.69, 9.17) is 4.52 Å². The van der Waals surface area contributed by atoms with Crippen molar-refractivity contribution < 1.29 is 22.6 Å². The summed E-state index contributed by atoms with van der Waals surface area (Å²) in [6.07, 6.45) is -4.82. The van der Waals surface area contributed by atoms with Crippen molar-refractivity contribution in [3.63, 3.8) is 0 Å². The van der Waals surface area contributed by atoms with E-state index < -0.39 is 28.1 Å². The number of benzene rings is 1. The van der Waals surface area contributed by atoms with Crippen LogP contribution in [-0.2, 0) is 5.41 Å². The first-order valence-electron chi connectivity index (χ1n) is 6.52. The molecule has 1 aliphatic rings. The van der Waals surface area contributed by atoms with Crippen LogP contribution >= 0.6 is 0 Å². The zero-order valence-corrected chi connectivity index (χ0v) is 11.4. The molecule has 1 fully saturated rings. The topological polar surface area (TPSA) is 69.2 Å². The third kappa shape index (κ3) is 1.90. The molecular formula is C14H11F3N2O3. The molecule has 0 N–H and O–H groups in total. The maximum atomic E-state index is 13.6. The number of hydrogen-bond acceptors (Lipinski definition) is 4. The third-order valence-corrected chi connectivity index (χ3v) is 4.11. The molecule has 0 amide bonds. The highest BCUT2D eigenvalue weighted by Gasteiger charge is 2.74. The standard InChI is InChI=1S/C14H11F3N2O3/c1-8-11(19(20)21)12(22-18-8)10-7-13(10,14(15,16)17)9-5-3-2-4-6-9/h2-6,10H,7H2,1H3/t10-,13-/m1/s1. The smallest absolute Gasteiger partial charge is 0.353 e. The number of nitrogens with zero attached hydrogens (tertiary/aromatic N) is 2. The predicted molar refractivity (Wildman–Crippen MR) is 69.4 cm³/mol. The lowest BCUT2D eigenvalue weighted by Crippen LogP contribution is -2.30. The van der Waals surface area contributed by atoms with E-state index in [1.807, 2.05) is 0 Å². The number of hydrogen-bond donors (Lipinski definition) is 0. The van der Waals surface area contributed by atoms with Crippen LogP contribution in [0.25, 0.3) is 0 Å². The zero-order valence-electron chi connectivity index (χ0n) is 11.4. The van der Waals surface area contributed by atoms with Gasteiger partial charge in [0, 0.05) is 5.92 Å². The van der Waals surface area contributed by atoms with Gasteiger partial charge in [0.05, 0.1) is 4.92 Å². The Kier molecular flexibility index (Phi) is 3.01. The van der Waals surface area contributed by atoms with Crippen molar-refractivity contribution in [3.05, 3.63) is 57.5 Å². The van der Waals surface area contributed by atoms with Gasteiger partial charge >= 0.3 is 11.9 Å². The fourth-order valence-electron chi connectivity index (χ4n) is 2.94. The van der Waals surface area contributed by atoms with Gasteiger partial charge in [-0.3, -0.25) is 10.1 Å². The van der Waals surface area contributed by atoms with E-state index in [0.29, 0.717) is 0 Å². The number of rotatable bonds is 3. The number of aromatic nitrogens is 1. The Bertz CT molecular complexity index is 727. The summed E-state index contributed by atoms with van der Waals surface area (Å²) in [7, 11) is 0. The average molecular weight is 312 g/mol. The summed E-state index contributed by atoms with van der Waals surface area (Å²) in [6.45, 7) is 1.34. The van der Waals surface area contributed by atoms with Gasteiger partial charge in [0.1, 0.15) is 5.41 Å². The van der Waals surface area contributed by atoms with Crippen LogP contribution in [0.4, 0.5) is 18.9 Å². The predicted octanol–water partition coefficient (Wildman–Crippen LogP) is 3.88. The van der Waals surface area contributed by atoms with Gasteiger partial charge in [-0.1, -0.05) is 35.5 Å². The van der Waals surface area contributed by atoms with Crippen molar-refractivity contribution in [2.24, 2.45) is 0 Å². The number of alkyl halides is 3. The third-order valence-electron chi connectivity index (χ3n) is 4.11. The minimum Gasteiger partial charge on any atom is -0.353 e. The number of aryl methyl sites for hydroxylation is 1. The molecule has 0 saturated heterocycles. The van der Waals surface area contributed by atoms with E-state index in [0.717, 1.165) is 0 Å². The fourth-order valence-corrected chi connectivity index (χ4v) is 2.94. The summed E-state index contributed by atoms with van der Waals surface area (Å²) in [5.41, 5.74) is -2.55. The van der Waals surface area contributed by atoms with Crippen molar-refractivity contribution >= 4 is 5.69 Å². The molecule has 8 heteroatoms. The lowest BCUT2D eigenvalue weighted by atomic mass is 9.91. The van der Waals surface area contributed by atoms with Gasteiger partial charge in [-0.2, -0.15) is 13.2 Å². The lowest BCUT2D eigenvalue weighted by Gasteiger charge is -2.21. The second-order valence-corrected chi connectivity index (χ2v) is 5.33. The van der Waals surface area contributed by atoms with Crippen molar-refractivity contribution in [3.8, 4) is 0 Å². The summed E-state index contributed by atoms with van der Waals surface area (Å²) in [6, 6.07) is 7.40. The first-order chi connectivity index (χ1) is 10.3. The van der Waals surface area contributed by atoms with Gasteiger partial charge in [-0.25, -0.2) is 0 Å². The Morgan fingerprint density at radius 3 is 2.55 bits per heavy atom. The van der Waals surface area contributed by atoms with E-state index >= 15 is 0 Å². The summed E-state index contributed by atoms with van der Waals surface area (Å²) in [5.74, 6) is -1.43. The molecule has 0 radical (unpaired) electrons. The summed E-state index contributed by atoms with van der Waals surface area (Å²) in [4.78, 5) is 10.3. The molecule has 1 saturated carbocycles. The molecule has 1 aromatic heterocycles. The van der Waals surface area contributed by atoms with Crippen molar-refractivity contribution in [2.75, 3.05) is 0 Å². The SMILES string of the molecule is Cc1noc([C@H]2C[C@]2(c2ccccc2)C(F)(F)F)c1[N+](=O)[O-]. The lowest BCUT2D eigenvalue weighted by molar-refractivity contribution is -0.386. The van der Waals surface area contributed by atoms with Gasteiger partial charge in [-0.05, 0) is 18.9 Å². The molecule has 2 atom stereocenters. The zero-order chi connectivity index (χ0) is 16.1. The fraction of sp³-hybridized carbons (Fsp3) is 0.357. The van der Waals surface area contributed by atoms with E-state index in [2.05, 4.69) is 5.16 Å². The largest absolute Gasteiger partial charge is 0.399 e. The number of nitro groups is 1. The van der Waals surface area contributed by atoms with Crippen molar-refractivity contribution in [2.45, 2.75) is 30.9 Å². The summed E-state index contributed by atoms with van der Waals surface area (Å²) >= 11 is 0. The maximum Gasteiger partial charge on any atom is 0.399 e. The second kappa shape index (κ2) is 4.56. The molecule has 0 bridgehead atoms. The molecule has 0 unspecified atom stereocenters.